The van der Waals surface area contributed by atoms with Crippen LogP contribution in [0.1, 0.15) is 64.2 Å². The molecule has 10 nitrogen and oxygen atoms in total. The number of aromatic nitrogens is 4. The predicted octanol–water partition coefficient (Wildman–Crippen LogP) is 7.12. The molecule has 1 aromatic heterocycles. The Labute approximate surface area is 276 Å². The van der Waals surface area contributed by atoms with E-state index in [0.717, 1.165) is 0 Å². The first-order valence-corrected chi connectivity index (χ1v) is 14.9. The van der Waals surface area contributed by atoms with Crippen molar-refractivity contribution in [2.24, 2.45) is 0 Å². The quantitative estimate of drug-likeness (QED) is 0.107. The molecule has 5 rings (SSSR count). The Morgan fingerprint density at radius 2 is 0.729 bits per heavy atom. The van der Waals surface area contributed by atoms with Crippen LogP contribution >= 0.6 is 0 Å². The van der Waals surface area contributed by atoms with Crippen LogP contribution in [0.2, 0.25) is 0 Å². The van der Waals surface area contributed by atoms with Crippen molar-refractivity contribution in [1.29, 1.82) is 0 Å². The normalized spacial score (nSPS) is 10.4. The van der Waals surface area contributed by atoms with E-state index in [2.05, 4.69) is 0 Å². The van der Waals surface area contributed by atoms with E-state index in [-0.39, 0.29) is 56.5 Å². The number of aryl methyl sites for hydroxylation is 4. The van der Waals surface area contributed by atoms with Gasteiger partial charge < -0.3 is 9.47 Å². The van der Waals surface area contributed by atoms with Crippen molar-refractivity contribution in [3.63, 3.8) is 0 Å². The van der Waals surface area contributed by atoms with E-state index in [1.807, 2.05) is 0 Å². The molecule has 238 valence electrons. The van der Waals surface area contributed by atoms with Crippen LogP contribution in [0.15, 0.2) is 97.1 Å². The summed E-state index contributed by atoms with van der Waals surface area (Å²) in [7, 11) is 0. The fraction of sp³-hybridized carbons (Fsp3) is 0.105. The van der Waals surface area contributed by atoms with E-state index < -0.39 is 11.9 Å². The first kappa shape index (κ1) is 33.0. The van der Waals surface area contributed by atoms with Crippen molar-refractivity contribution in [3.05, 3.63) is 142 Å². The molecule has 4 aromatic carbocycles. The Morgan fingerprint density at radius 1 is 0.458 bits per heavy atom. The molecule has 0 saturated carbocycles. The molecule has 0 saturated heterocycles. The summed E-state index contributed by atoms with van der Waals surface area (Å²) in [4.78, 5) is 69.8. The van der Waals surface area contributed by atoms with Gasteiger partial charge in [0.1, 0.15) is 22.6 Å². The van der Waals surface area contributed by atoms with Gasteiger partial charge in [-0.2, -0.15) is 0 Å². The molecule has 0 spiro atoms. The summed E-state index contributed by atoms with van der Waals surface area (Å²) in [5, 5.41) is 0. The van der Waals surface area contributed by atoms with E-state index in [9.17, 15) is 19.2 Å². The lowest BCUT2D eigenvalue weighted by molar-refractivity contribution is 0.0720. The van der Waals surface area contributed by atoms with Crippen LogP contribution in [0.4, 0.5) is 0 Å². The number of ether oxygens (including phenoxy) is 2. The first-order valence-electron chi connectivity index (χ1n) is 14.9. The number of aldehydes is 2. The lowest BCUT2D eigenvalue weighted by atomic mass is 10.1. The highest BCUT2D eigenvalue weighted by Gasteiger charge is 2.19. The zero-order valence-electron chi connectivity index (χ0n) is 26.6. The summed E-state index contributed by atoms with van der Waals surface area (Å²) in [6, 6.07) is 26.7. The van der Waals surface area contributed by atoms with Gasteiger partial charge in [0.15, 0.2) is 12.6 Å². The van der Waals surface area contributed by atoms with E-state index in [1.54, 1.807) is 113 Å². The van der Waals surface area contributed by atoms with Gasteiger partial charge in [-0.25, -0.2) is 9.59 Å². The second-order valence-corrected chi connectivity index (χ2v) is 10.6. The van der Waals surface area contributed by atoms with Crippen LogP contribution in [0.5, 0.6) is 11.5 Å². The molecule has 0 atom stereocenters. The van der Waals surface area contributed by atoms with Gasteiger partial charge in [0.25, 0.3) is 0 Å². The van der Waals surface area contributed by atoms with Crippen molar-refractivity contribution in [2.75, 3.05) is 0 Å². The lowest BCUT2D eigenvalue weighted by Gasteiger charge is -2.10. The van der Waals surface area contributed by atoms with Crippen molar-refractivity contribution in [1.82, 2.24) is 19.9 Å². The summed E-state index contributed by atoms with van der Waals surface area (Å²) >= 11 is 0. The summed E-state index contributed by atoms with van der Waals surface area (Å²) in [5.74, 6) is -1.33. The molecule has 10 heteroatoms. The molecule has 0 unspecified atom stereocenters. The zero-order valence-corrected chi connectivity index (χ0v) is 26.6. The van der Waals surface area contributed by atoms with Crippen molar-refractivity contribution in [3.8, 4) is 11.5 Å². The zero-order chi connectivity index (χ0) is 34.2. The lowest BCUT2D eigenvalue weighted by Crippen LogP contribution is -2.14. The maximum Gasteiger partial charge on any atom is 0.347 e. The smallest absolute Gasteiger partial charge is 0.347 e. The average Bonchev–Trinajstić information content (AvgIpc) is 3.06. The largest absolute Gasteiger partial charge is 0.422 e. The number of benzene rings is 4. The highest BCUT2D eigenvalue weighted by atomic mass is 16.5. The van der Waals surface area contributed by atoms with Crippen LogP contribution in [0.3, 0.4) is 0 Å². The Hall–Kier alpha value is -6.42. The topological polar surface area (TPSA) is 138 Å². The number of rotatable bonds is 6. The number of para-hydroxylation sites is 6. The van der Waals surface area contributed by atoms with E-state index in [1.165, 1.54) is 12.1 Å². The average molecular weight is 639 g/mol. The molecular formula is C38H30N4O6. The van der Waals surface area contributed by atoms with E-state index >= 15 is 0 Å². The molecule has 0 aliphatic heterocycles. The number of hydrogen-bond donors (Lipinski definition) is 0. The van der Waals surface area contributed by atoms with Crippen molar-refractivity contribution >= 4 is 46.6 Å². The molecule has 0 aliphatic carbocycles. The monoisotopic (exact) mass is 638 g/mol. The molecular weight excluding hydrogens is 608 g/mol. The molecule has 48 heavy (non-hydrogen) atoms. The van der Waals surface area contributed by atoms with Gasteiger partial charge in [-0.1, -0.05) is 48.5 Å². The minimum atomic E-state index is -0.762. The summed E-state index contributed by atoms with van der Waals surface area (Å²) < 4.78 is 11.4. The van der Waals surface area contributed by atoms with Crippen LogP contribution in [0.25, 0.3) is 22.1 Å². The number of carbonyl (C=O) groups excluding carboxylic acids is 4. The molecule has 0 amide bonds. The van der Waals surface area contributed by atoms with Crippen LogP contribution in [-0.4, -0.2) is 44.4 Å². The number of fused-ring (bicyclic) bond motifs is 2. The summed E-state index contributed by atoms with van der Waals surface area (Å²) in [5.41, 5.74) is 3.23. The minimum Gasteiger partial charge on any atom is -0.422 e. The fourth-order valence-corrected chi connectivity index (χ4v) is 5.01. The first-order chi connectivity index (χ1) is 23.2. The molecule has 5 aromatic rings. The number of nitrogens with zero attached hydrogens (tertiary/aromatic N) is 4. The van der Waals surface area contributed by atoms with Gasteiger partial charge in [-0.3, -0.25) is 29.5 Å². The van der Waals surface area contributed by atoms with Crippen LogP contribution in [0, 0.1) is 27.7 Å². The number of esters is 2. The Balaban J connectivity index is 1.84. The summed E-state index contributed by atoms with van der Waals surface area (Å²) in [6.07, 6.45) is 1.22. The van der Waals surface area contributed by atoms with Crippen LogP contribution < -0.4 is 9.47 Å². The van der Waals surface area contributed by atoms with E-state index in [4.69, 9.17) is 29.4 Å². The molecule has 0 bridgehead atoms. The molecule has 0 radical (unpaired) electrons. The predicted molar refractivity (Wildman–Crippen MR) is 180 cm³/mol. The van der Waals surface area contributed by atoms with Gasteiger partial charge in [0.2, 0.25) is 0 Å². The highest BCUT2D eigenvalue weighted by molar-refractivity contribution is 5.96. The third-order valence-corrected chi connectivity index (χ3v) is 7.27. The van der Waals surface area contributed by atoms with Crippen molar-refractivity contribution in [2.45, 2.75) is 27.7 Å². The van der Waals surface area contributed by atoms with Gasteiger partial charge in [-0.05, 0) is 76.2 Å². The Bertz CT molecular complexity index is 1990. The second kappa shape index (κ2) is 14.8. The van der Waals surface area contributed by atoms with Gasteiger partial charge >= 0.3 is 11.9 Å². The van der Waals surface area contributed by atoms with E-state index in [0.29, 0.717) is 34.6 Å². The second-order valence-electron chi connectivity index (χ2n) is 10.6. The maximum absolute atomic E-state index is 13.8. The van der Waals surface area contributed by atoms with Gasteiger partial charge in [0, 0.05) is 0 Å². The van der Waals surface area contributed by atoms with Gasteiger partial charge in [0.05, 0.1) is 56.0 Å². The molecule has 1 heterocycles. The van der Waals surface area contributed by atoms with Gasteiger partial charge in [-0.15, -0.1) is 0 Å². The highest BCUT2D eigenvalue weighted by Crippen LogP contribution is 2.22. The molecule has 0 N–H and O–H groups in total. The fourth-order valence-electron chi connectivity index (χ4n) is 5.01. The Morgan fingerprint density at radius 3 is 1.02 bits per heavy atom. The maximum atomic E-state index is 13.8. The Kier molecular flexibility index (Phi) is 10.1. The summed E-state index contributed by atoms with van der Waals surface area (Å²) in [6.45, 7) is 6.59. The molecule has 0 aliphatic rings. The number of hydrogen-bond acceptors (Lipinski definition) is 10. The minimum absolute atomic E-state index is 0.0726. The third kappa shape index (κ3) is 7.34. The third-order valence-electron chi connectivity index (χ3n) is 7.27. The molecule has 0 fully saturated rings. The SMILES string of the molecule is Cc1nc2ccccc2nc(C)c(C(=O)Oc2ccccc2C=O)c(C)nc2ccccc2nc(C)c1C(=O)Oc1ccccc1C=O. The van der Waals surface area contributed by atoms with Crippen molar-refractivity contribution < 1.29 is 28.7 Å². The standard InChI is InChI=1S/C38H30N4O6/c1-23-35(37(45)47-33-19-11-5-13-27(33)21-43)24(2)40-31-17-9-10-18-32(31)42-26(4)36(25(3)41-30-16-8-7-15-29(30)39-23)38(46)48-34-20-12-6-14-28(34)22-44/h5-22H,1-4H3. The number of carbonyl (C=O) groups is 4. The van der Waals surface area contributed by atoms with Crippen LogP contribution in [-0.2, 0) is 0 Å².